The van der Waals surface area contributed by atoms with Gasteiger partial charge in [-0.2, -0.15) is 0 Å². The van der Waals surface area contributed by atoms with E-state index in [9.17, 15) is 4.79 Å². The third-order valence-corrected chi connectivity index (χ3v) is 5.18. The molecule has 0 bridgehead atoms. The molecule has 0 aromatic heterocycles. The van der Waals surface area contributed by atoms with Crippen molar-refractivity contribution in [1.82, 2.24) is 0 Å². The Morgan fingerprint density at radius 1 is 0.963 bits per heavy atom. The standard InChI is InChI=1S/C21H17Cl2NO2S/c22-16-8-11-20(19(23)14-16)24-21(25)15-6-9-17(10-7-15)26-12-13-27-18-4-2-1-3-5-18/h1-11,14H,12-13H2,(H,24,25). The number of ether oxygens (including phenoxy) is 1. The molecule has 0 saturated heterocycles. The largest absolute Gasteiger partial charge is 0.493 e. The molecule has 138 valence electrons. The van der Waals surface area contributed by atoms with E-state index in [1.54, 1.807) is 54.2 Å². The van der Waals surface area contributed by atoms with E-state index in [2.05, 4.69) is 17.4 Å². The molecule has 0 aliphatic heterocycles. The normalized spacial score (nSPS) is 10.4. The number of rotatable bonds is 7. The van der Waals surface area contributed by atoms with E-state index in [4.69, 9.17) is 27.9 Å². The minimum atomic E-state index is -0.245. The zero-order valence-electron chi connectivity index (χ0n) is 14.3. The molecule has 0 aliphatic carbocycles. The summed E-state index contributed by atoms with van der Waals surface area (Å²) in [5.74, 6) is 1.33. The summed E-state index contributed by atoms with van der Waals surface area (Å²) >= 11 is 13.7. The lowest BCUT2D eigenvalue weighted by molar-refractivity contribution is 0.102. The van der Waals surface area contributed by atoms with E-state index in [0.29, 0.717) is 27.9 Å². The first kappa shape index (κ1) is 19.6. The average Bonchev–Trinajstić information content (AvgIpc) is 2.69. The fourth-order valence-corrected chi connectivity index (χ4v) is 3.53. The highest BCUT2D eigenvalue weighted by molar-refractivity contribution is 7.99. The first-order valence-electron chi connectivity index (χ1n) is 8.29. The van der Waals surface area contributed by atoms with Gasteiger partial charge < -0.3 is 10.1 Å². The van der Waals surface area contributed by atoms with Crippen molar-refractivity contribution in [3.8, 4) is 5.75 Å². The first-order valence-corrected chi connectivity index (χ1v) is 10.0. The highest BCUT2D eigenvalue weighted by atomic mass is 35.5. The van der Waals surface area contributed by atoms with Crippen molar-refractivity contribution >= 4 is 46.6 Å². The van der Waals surface area contributed by atoms with Gasteiger partial charge >= 0.3 is 0 Å². The number of anilines is 1. The third kappa shape index (κ3) is 5.93. The summed E-state index contributed by atoms with van der Waals surface area (Å²) in [7, 11) is 0. The number of thioether (sulfide) groups is 1. The Morgan fingerprint density at radius 3 is 2.41 bits per heavy atom. The SMILES string of the molecule is O=C(Nc1ccc(Cl)cc1Cl)c1ccc(OCCSc2ccccc2)cc1. The number of hydrogen-bond acceptors (Lipinski definition) is 3. The van der Waals surface area contributed by atoms with E-state index >= 15 is 0 Å². The second kappa shape index (κ2) is 9.70. The van der Waals surface area contributed by atoms with Crippen molar-refractivity contribution in [3.05, 3.63) is 88.4 Å². The maximum absolute atomic E-state index is 12.3. The number of amides is 1. The quantitative estimate of drug-likeness (QED) is 0.356. The van der Waals surface area contributed by atoms with Crippen LogP contribution in [0.25, 0.3) is 0 Å². The molecule has 27 heavy (non-hydrogen) atoms. The monoisotopic (exact) mass is 417 g/mol. The molecule has 0 fully saturated rings. The van der Waals surface area contributed by atoms with Crippen LogP contribution in [0.15, 0.2) is 77.7 Å². The van der Waals surface area contributed by atoms with Gasteiger partial charge in [0.05, 0.1) is 17.3 Å². The second-order valence-corrected chi connectivity index (χ2v) is 7.62. The predicted octanol–water partition coefficient (Wildman–Crippen LogP) is 6.42. The fourth-order valence-electron chi connectivity index (χ4n) is 2.32. The van der Waals surface area contributed by atoms with Gasteiger partial charge in [-0.25, -0.2) is 0 Å². The summed E-state index contributed by atoms with van der Waals surface area (Å²) in [6, 6.07) is 22.1. The molecule has 0 aliphatic rings. The lowest BCUT2D eigenvalue weighted by atomic mass is 10.2. The van der Waals surface area contributed by atoms with Crippen LogP contribution in [0.3, 0.4) is 0 Å². The van der Waals surface area contributed by atoms with Crippen LogP contribution in [-0.4, -0.2) is 18.3 Å². The molecule has 0 heterocycles. The van der Waals surface area contributed by atoms with Gasteiger partial charge in [0.25, 0.3) is 5.91 Å². The van der Waals surface area contributed by atoms with Gasteiger partial charge in [-0.15, -0.1) is 11.8 Å². The molecular formula is C21H17Cl2NO2S. The predicted molar refractivity (Wildman–Crippen MR) is 114 cm³/mol. The van der Waals surface area contributed by atoms with Crippen LogP contribution >= 0.6 is 35.0 Å². The molecule has 0 unspecified atom stereocenters. The smallest absolute Gasteiger partial charge is 0.255 e. The minimum absolute atomic E-state index is 0.245. The number of hydrogen-bond donors (Lipinski definition) is 1. The van der Waals surface area contributed by atoms with Crippen molar-refractivity contribution in [1.29, 1.82) is 0 Å². The van der Waals surface area contributed by atoms with Crippen LogP contribution in [0.1, 0.15) is 10.4 Å². The lowest BCUT2D eigenvalue weighted by Gasteiger charge is -2.09. The Kier molecular flexibility index (Phi) is 7.04. The Bertz CT molecular complexity index is 902. The van der Waals surface area contributed by atoms with Crippen molar-refractivity contribution in [3.63, 3.8) is 0 Å². The van der Waals surface area contributed by atoms with E-state index in [-0.39, 0.29) is 5.91 Å². The maximum atomic E-state index is 12.3. The Morgan fingerprint density at radius 2 is 1.70 bits per heavy atom. The summed E-state index contributed by atoms with van der Waals surface area (Å²) in [6.45, 7) is 0.589. The number of benzene rings is 3. The van der Waals surface area contributed by atoms with Gasteiger partial charge in [0.2, 0.25) is 0 Å². The number of nitrogens with one attached hydrogen (secondary N) is 1. The van der Waals surface area contributed by atoms with Crippen molar-refractivity contribution in [2.75, 3.05) is 17.7 Å². The molecule has 0 radical (unpaired) electrons. The summed E-state index contributed by atoms with van der Waals surface area (Å²) in [5.41, 5.74) is 1.04. The van der Waals surface area contributed by atoms with Gasteiger partial charge in [0.15, 0.2) is 0 Å². The third-order valence-electron chi connectivity index (χ3n) is 3.66. The molecule has 6 heteroatoms. The molecular weight excluding hydrogens is 401 g/mol. The Labute approximate surface area is 172 Å². The highest BCUT2D eigenvalue weighted by Gasteiger charge is 2.09. The Balaban J connectivity index is 1.49. The van der Waals surface area contributed by atoms with E-state index in [1.807, 2.05) is 18.2 Å². The van der Waals surface area contributed by atoms with Crippen LogP contribution in [-0.2, 0) is 0 Å². The van der Waals surface area contributed by atoms with E-state index in [1.165, 1.54) is 4.90 Å². The van der Waals surface area contributed by atoms with Crippen LogP contribution in [0, 0.1) is 0 Å². The zero-order valence-corrected chi connectivity index (χ0v) is 16.7. The Hall–Kier alpha value is -2.14. The van der Waals surface area contributed by atoms with Gasteiger partial charge in [0.1, 0.15) is 5.75 Å². The first-order chi connectivity index (χ1) is 13.1. The minimum Gasteiger partial charge on any atom is -0.493 e. The number of halogens is 2. The maximum Gasteiger partial charge on any atom is 0.255 e. The molecule has 0 saturated carbocycles. The number of carbonyl (C=O) groups excluding carboxylic acids is 1. The molecule has 3 aromatic rings. The van der Waals surface area contributed by atoms with Crippen LogP contribution < -0.4 is 10.1 Å². The zero-order chi connectivity index (χ0) is 19.1. The van der Waals surface area contributed by atoms with Crippen LogP contribution in [0.5, 0.6) is 5.75 Å². The summed E-state index contributed by atoms with van der Waals surface area (Å²) in [4.78, 5) is 13.5. The topological polar surface area (TPSA) is 38.3 Å². The average molecular weight is 418 g/mol. The molecule has 3 rings (SSSR count). The second-order valence-electron chi connectivity index (χ2n) is 5.61. The van der Waals surface area contributed by atoms with Crippen LogP contribution in [0.2, 0.25) is 10.0 Å². The molecule has 3 aromatic carbocycles. The van der Waals surface area contributed by atoms with Crippen molar-refractivity contribution < 1.29 is 9.53 Å². The summed E-state index contributed by atoms with van der Waals surface area (Å²) in [5, 5.41) is 3.68. The van der Waals surface area contributed by atoms with Gasteiger partial charge in [-0.3, -0.25) is 4.79 Å². The van der Waals surface area contributed by atoms with Gasteiger partial charge in [-0.1, -0.05) is 41.4 Å². The van der Waals surface area contributed by atoms with Crippen molar-refractivity contribution in [2.45, 2.75) is 4.90 Å². The van der Waals surface area contributed by atoms with Gasteiger partial charge in [0, 0.05) is 21.2 Å². The molecule has 1 amide bonds. The van der Waals surface area contributed by atoms with E-state index in [0.717, 1.165) is 11.5 Å². The molecule has 3 nitrogen and oxygen atoms in total. The van der Waals surface area contributed by atoms with Crippen molar-refractivity contribution in [2.24, 2.45) is 0 Å². The van der Waals surface area contributed by atoms with Gasteiger partial charge in [-0.05, 0) is 54.6 Å². The summed E-state index contributed by atoms with van der Waals surface area (Å²) in [6.07, 6.45) is 0. The molecule has 0 atom stereocenters. The molecule has 1 N–H and O–H groups in total. The fraction of sp³-hybridized carbons (Fsp3) is 0.0952. The highest BCUT2D eigenvalue weighted by Crippen LogP contribution is 2.26. The molecule has 0 spiro atoms. The number of carbonyl (C=O) groups is 1. The van der Waals surface area contributed by atoms with Crippen LogP contribution in [0.4, 0.5) is 5.69 Å². The summed E-state index contributed by atoms with van der Waals surface area (Å²) < 4.78 is 5.72. The lowest BCUT2D eigenvalue weighted by Crippen LogP contribution is -2.12. The van der Waals surface area contributed by atoms with E-state index < -0.39 is 0 Å².